The first-order valence-electron chi connectivity index (χ1n) is 9.99. The summed E-state index contributed by atoms with van der Waals surface area (Å²) in [5.74, 6) is 0. The standard InChI is InChI=1S/C27H23NO/c1-18-13-14-21(26-25(18)22-11-7-8-12-24(22)29-26)23-17-20(15-16-28-23)27(2,3)19-9-5-4-6-10-19/h4-17H,1-3H3. The van der Waals surface area contributed by atoms with Gasteiger partial charge >= 0.3 is 0 Å². The molecular weight excluding hydrogens is 354 g/mol. The van der Waals surface area contributed by atoms with Crippen molar-refractivity contribution in [2.45, 2.75) is 26.2 Å². The van der Waals surface area contributed by atoms with Crippen LogP contribution in [0.1, 0.15) is 30.5 Å². The molecule has 2 heterocycles. The number of aromatic nitrogens is 1. The first-order valence-corrected chi connectivity index (χ1v) is 9.99. The minimum Gasteiger partial charge on any atom is -0.455 e. The molecule has 142 valence electrons. The summed E-state index contributed by atoms with van der Waals surface area (Å²) < 4.78 is 6.29. The van der Waals surface area contributed by atoms with Gasteiger partial charge in [-0.25, -0.2) is 0 Å². The molecule has 0 bridgehead atoms. The molecule has 29 heavy (non-hydrogen) atoms. The van der Waals surface area contributed by atoms with E-state index in [0.29, 0.717) is 0 Å². The summed E-state index contributed by atoms with van der Waals surface area (Å²) >= 11 is 0. The second kappa shape index (κ2) is 6.59. The molecule has 0 aliphatic heterocycles. The van der Waals surface area contributed by atoms with Gasteiger partial charge in [0.25, 0.3) is 0 Å². The van der Waals surface area contributed by atoms with Gasteiger partial charge in [0.2, 0.25) is 0 Å². The number of para-hydroxylation sites is 1. The summed E-state index contributed by atoms with van der Waals surface area (Å²) in [5, 5.41) is 2.33. The van der Waals surface area contributed by atoms with Gasteiger partial charge in [-0.2, -0.15) is 0 Å². The lowest BCUT2D eigenvalue weighted by molar-refractivity contribution is 0.640. The molecule has 0 saturated carbocycles. The summed E-state index contributed by atoms with van der Waals surface area (Å²) in [6, 6.07) is 27.4. The Hall–Kier alpha value is -3.39. The zero-order valence-corrected chi connectivity index (χ0v) is 16.9. The molecule has 5 aromatic rings. The van der Waals surface area contributed by atoms with Crippen LogP contribution in [0.5, 0.6) is 0 Å². The predicted octanol–water partition coefficient (Wildman–Crippen LogP) is 7.28. The number of hydrogen-bond donors (Lipinski definition) is 0. The molecule has 0 unspecified atom stereocenters. The molecule has 0 atom stereocenters. The average Bonchev–Trinajstić information content (AvgIpc) is 3.15. The van der Waals surface area contributed by atoms with Crippen LogP contribution in [0.4, 0.5) is 0 Å². The summed E-state index contributed by atoms with van der Waals surface area (Å²) in [5.41, 5.74) is 7.43. The molecule has 0 spiro atoms. The van der Waals surface area contributed by atoms with E-state index in [1.165, 1.54) is 22.1 Å². The van der Waals surface area contributed by atoms with E-state index >= 15 is 0 Å². The van der Waals surface area contributed by atoms with Gasteiger partial charge in [-0.05, 0) is 47.9 Å². The fourth-order valence-electron chi connectivity index (χ4n) is 4.18. The smallest absolute Gasteiger partial charge is 0.145 e. The van der Waals surface area contributed by atoms with Crippen molar-refractivity contribution in [3.8, 4) is 11.3 Å². The molecule has 0 radical (unpaired) electrons. The Labute approximate surface area is 170 Å². The van der Waals surface area contributed by atoms with Crippen LogP contribution in [0, 0.1) is 6.92 Å². The summed E-state index contributed by atoms with van der Waals surface area (Å²) in [6.07, 6.45) is 1.91. The minimum absolute atomic E-state index is 0.114. The second-order valence-corrected chi connectivity index (χ2v) is 8.15. The van der Waals surface area contributed by atoms with Crippen molar-refractivity contribution in [1.29, 1.82) is 0 Å². The molecule has 2 heteroatoms. The largest absolute Gasteiger partial charge is 0.455 e. The van der Waals surface area contributed by atoms with Crippen LogP contribution < -0.4 is 0 Å². The molecular formula is C27H23NO. The number of fused-ring (bicyclic) bond motifs is 3. The number of hydrogen-bond acceptors (Lipinski definition) is 2. The molecule has 0 amide bonds. The van der Waals surface area contributed by atoms with Crippen molar-refractivity contribution in [1.82, 2.24) is 4.98 Å². The molecule has 0 fully saturated rings. The van der Waals surface area contributed by atoms with E-state index in [-0.39, 0.29) is 5.41 Å². The van der Waals surface area contributed by atoms with Crippen molar-refractivity contribution in [2.24, 2.45) is 0 Å². The first-order chi connectivity index (χ1) is 14.1. The van der Waals surface area contributed by atoms with Crippen LogP contribution in [0.2, 0.25) is 0 Å². The Morgan fingerprint density at radius 1 is 0.793 bits per heavy atom. The highest BCUT2D eigenvalue weighted by Crippen LogP contribution is 2.38. The van der Waals surface area contributed by atoms with E-state index in [9.17, 15) is 0 Å². The molecule has 2 nitrogen and oxygen atoms in total. The zero-order chi connectivity index (χ0) is 20.0. The van der Waals surface area contributed by atoms with Crippen LogP contribution in [0.3, 0.4) is 0 Å². The lowest BCUT2D eigenvalue weighted by Crippen LogP contribution is -2.18. The van der Waals surface area contributed by atoms with Gasteiger partial charge < -0.3 is 4.42 Å². The lowest BCUT2D eigenvalue weighted by atomic mass is 9.78. The van der Waals surface area contributed by atoms with Crippen molar-refractivity contribution in [2.75, 3.05) is 0 Å². The molecule has 2 aromatic heterocycles. The highest BCUT2D eigenvalue weighted by molar-refractivity contribution is 6.10. The normalized spacial score (nSPS) is 12.0. The highest BCUT2D eigenvalue weighted by atomic mass is 16.3. The molecule has 3 aromatic carbocycles. The Kier molecular flexibility index (Phi) is 4.02. The molecule has 0 N–H and O–H groups in total. The van der Waals surface area contributed by atoms with Gasteiger partial charge in [0.15, 0.2) is 0 Å². The number of aryl methyl sites for hydroxylation is 1. The van der Waals surface area contributed by atoms with E-state index in [1.54, 1.807) is 0 Å². The van der Waals surface area contributed by atoms with Crippen molar-refractivity contribution >= 4 is 21.9 Å². The second-order valence-electron chi connectivity index (χ2n) is 8.15. The van der Waals surface area contributed by atoms with Gasteiger partial charge in [0, 0.05) is 27.9 Å². The van der Waals surface area contributed by atoms with Crippen LogP contribution in [-0.4, -0.2) is 4.98 Å². The van der Waals surface area contributed by atoms with Gasteiger partial charge in [-0.1, -0.05) is 68.4 Å². The third kappa shape index (κ3) is 2.84. The van der Waals surface area contributed by atoms with Crippen LogP contribution >= 0.6 is 0 Å². The number of nitrogens with zero attached hydrogens (tertiary/aromatic N) is 1. The maximum Gasteiger partial charge on any atom is 0.145 e. The van der Waals surface area contributed by atoms with Gasteiger partial charge in [0.05, 0.1) is 5.69 Å². The predicted molar refractivity (Wildman–Crippen MR) is 120 cm³/mol. The topological polar surface area (TPSA) is 26.0 Å². The van der Waals surface area contributed by atoms with Gasteiger partial charge in [-0.15, -0.1) is 0 Å². The number of benzene rings is 3. The van der Waals surface area contributed by atoms with Gasteiger partial charge in [0.1, 0.15) is 11.2 Å². The van der Waals surface area contributed by atoms with Gasteiger partial charge in [-0.3, -0.25) is 4.98 Å². The van der Waals surface area contributed by atoms with Crippen LogP contribution in [0.25, 0.3) is 33.2 Å². The monoisotopic (exact) mass is 377 g/mol. The maximum atomic E-state index is 6.29. The van der Waals surface area contributed by atoms with Crippen molar-refractivity contribution < 1.29 is 4.42 Å². The summed E-state index contributed by atoms with van der Waals surface area (Å²) in [6.45, 7) is 6.65. The fourth-order valence-corrected chi connectivity index (χ4v) is 4.18. The SMILES string of the molecule is Cc1ccc(-c2cc(C(C)(C)c3ccccc3)ccn2)c2oc3ccccc3c12. The average molecular weight is 377 g/mol. The van der Waals surface area contributed by atoms with E-state index in [1.807, 2.05) is 18.3 Å². The Balaban J connectivity index is 1.71. The molecule has 0 aliphatic carbocycles. The zero-order valence-electron chi connectivity index (χ0n) is 16.9. The summed E-state index contributed by atoms with van der Waals surface area (Å²) in [4.78, 5) is 4.71. The lowest BCUT2D eigenvalue weighted by Gasteiger charge is -2.26. The number of pyridine rings is 1. The third-order valence-electron chi connectivity index (χ3n) is 5.99. The summed E-state index contributed by atoms with van der Waals surface area (Å²) in [7, 11) is 0. The molecule has 5 rings (SSSR count). The van der Waals surface area contributed by atoms with Crippen LogP contribution in [0.15, 0.2) is 89.5 Å². The molecule has 0 aliphatic rings. The van der Waals surface area contributed by atoms with E-state index in [2.05, 4.69) is 87.5 Å². The Bertz CT molecular complexity index is 1330. The quantitative estimate of drug-likeness (QED) is 0.330. The molecule has 0 saturated heterocycles. The Morgan fingerprint density at radius 3 is 2.38 bits per heavy atom. The van der Waals surface area contributed by atoms with Crippen molar-refractivity contribution in [3.05, 3.63) is 102 Å². The van der Waals surface area contributed by atoms with Crippen LogP contribution in [-0.2, 0) is 5.41 Å². The number of furan rings is 1. The third-order valence-corrected chi connectivity index (χ3v) is 5.99. The van der Waals surface area contributed by atoms with Crippen molar-refractivity contribution in [3.63, 3.8) is 0 Å². The highest BCUT2D eigenvalue weighted by Gasteiger charge is 2.24. The Morgan fingerprint density at radius 2 is 1.55 bits per heavy atom. The van der Waals surface area contributed by atoms with E-state index in [0.717, 1.165) is 27.8 Å². The first kappa shape index (κ1) is 17.7. The van der Waals surface area contributed by atoms with E-state index in [4.69, 9.17) is 9.40 Å². The maximum absolute atomic E-state index is 6.29. The van der Waals surface area contributed by atoms with E-state index < -0.39 is 0 Å². The number of rotatable bonds is 3. The minimum atomic E-state index is -0.114. The fraction of sp³-hybridized carbons (Fsp3) is 0.148.